The average Bonchev–Trinajstić information content (AvgIpc) is 2.27. The van der Waals surface area contributed by atoms with Gasteiger partial charge in [-0.3, -0.25) is 14.0 Å². The molecule has 7 heteroatoms. The van der Waals surface area contributed by atoms with Crippen LogP contribution in [0.25, 0.3) is 0 Å². The fourth-order valence-corrected chi connectivity index (χ4v) is 2.70. The first-order valence-corrected chi connectivity index (χ1v) is 7.64. The molecule has 1 aromatic heterocycles. The third kappa shape index (κ3) is 6.47. The Bertz CT molecular complexity index is 435. The van der Waals surface area contributed by atoms with E-state index in [0.717, 1.165) is 0 Å². The van der Waals surface area contributed by atoms with E-state index in [9.17, 15) is 4.57 Å². The molecule has 0 aliphatic carbocycles. The molecule has 0 saturated heterocycles. The molecule has 0 amide bonds. The van der Waals surface area contributed by atoms with Crippen LogP contribution in [0.15, 0.2) is 29.5 Å². The van der Waals surface area contributed by atoms with Crippen LogP contribution < -0.4 is 5.20 Å². The Morgan fingerprint density at radius 1 is 1.26 bits per heavy atom. The van der Waals surface area contributed by atoms with Crippen LogP contribution in [0, 0.1) is 0 Å². The highest BCUT2D eigenvalue weighted by Crippen LogP contribution is 2.46. The minimum Gasteiger partial charge on any atom is -0.289 e. The maximum atomic E-state index is 12.3. The molecular formula is C12H20N3O3P. The van der Waals surface area contributed by atoms with Crippen LogP contribution in [0.1, 0.15) is 33.4 Å². The molecule has 0 fully saturated rings. The molecule has 6 nitrogen and oxygen atoms in total. The van der Waals surface area contributed by atoms with Crippen molar-refractivity contribution in [3.8, 4) is 0 Å². The second-order valence-electron chi connectivity index (χ2n) is 4.42. The van der Waals surface area contributed by atoms with Crippen molar-refractivity contribution in [1.29, 1.82) is 0 Å². The topological polar surface area (TPSA) is 72.8 Å². The van der Waals surface area contributed by atoms with Gasteiger partial charge in [0.2, 0.25) is 0 Å². The third-order valence-electron chi connectivity index (χ3n) is 1.76. The minimum atomic E-state index is -3.44. The molecule has 1 N–H and O–H groups in total. The molecule has 19 heavy (non-hydrogen) atoms. The third-order valence-corrected chi connectivity index (χ3v) is 3.52. The quantitative estimate of drug-likeness (QED) is 0.473. The van der Waals surface area contributed by atoms with Gasteiger partial charge in [0, 0.05) is 6.20 Å². The van der Waals surface area contributed by atoms with Crippen molar-refractivity contribution >= 4 is 14.0 Å². The van der Waals surface area contributed by atoms with Crippen molar-refractivity contribution in [1.82, 2.24) is 10.2 Å². The molecule has 106 valence electrons. The summed E-state index contributed by atoms with van der Waals surface area (Å²) in [5, 5.41) is 6.32. The molecule has 1 aromatic rings. The Balaban J connectivity index is 2.68. The van der Waals surface area contributed by atoms with E-state index in [1.165, 1.54) is 6.21 Å². The fourth-order valence-electron chi connectivity index (χ4n) is 1.25. The first-order valence-electron chi connectivity index (χ1n) is 6.09. The molecule has 1 rings (SSSR count). The standard InChI is InChI=1S/C12H20N3O3P/c1-10(2)17-19(16,18-11(3)4)15-14-9-12-7-5-6-8-13-12/h5-11H,1-4H3,(H,15,16)/b14-9+. The van der Waals surface area contributed by atoms with Crippen LogP contribution in [0.5, 0.6) is 0 Å². The van der Waals surface area contributed by atoms with E-state index in [2.05, 4.69) is 15.3 Å². The Labute approximate surface area is 113 Å². The lowest BCUT2D eigenvalue weighted by Gasteiger charge is -2.21. The van der Waals surface area contributed by atoms with Crippen LogP contribution in [0.4, 0.5) is 0 Å². The predicted molar refractivity (Wildman–Crippen MR) is 75.0 cm³/mol. The second-order valence-corrected chi connectivity index (χ2v) is 6.04. The zero-order chi connectivity index (χ0) is 14.3. The van der Waals surface area contributed by atoms with Gasteiger partial charge in [-0.25, -0.2) is 9.76 Å². The van der Waals surface area contributed by atoms with E-state index < -0.39 is 7.75 Å². The van der Waals surface area contributed by atoms with Gasteiger partial charge in [-0.1, -0.05) is 6.07 Å². The van der Waals surface area contributed by atoms with E-state index in [4.69, 9.17) is 9.05 Å². The Kier molecular flexibility index (Phi) is 6.15. The maximum absolute atomic E-state index is 12.3. The second kappa shape index (κ2) is 7.38. The summed E-state index contributed by atoms with van der Waals surface area (Å²) < 4.78 is 22.9. The Hall–Kier alpha value is -1.23. The van der Waals surface area contributed by atoms with E-state index >= 15 is 0 Å². The van der Waals surface area contributed by atoms with Crippen molar-refractivity contribution < 1.29 is 13.6 Å². The SMILES string of the molecule is CC(C)OP(=O)(N/N=C/c1ccccn1)OC(C)C. The smallest absolute Gasteiger partial charge is 0.289 e. The lowest BCUT2D eigenvalue weighted by molar-refractivity contribution is 0.136. The number of nitrogens with one attached hydrogen (secondary N) is 1. The van der Waals surface area contributed by atoms with Crippen molar-refractivity contribution in [2.75, 3.05) is 0 Å². The normalized spacial score (nSPS) is 12.5. The zero-order valence-electron chi connectivity index (χ0n) is 11.6. The number of rotatable bonds is 7. The van der Waals surface area contributed by atoms with E-state index in [1.54, 1.807) is 46.0 Å². The van der Waals surface area contributed by atoms with Gasteiger partial charge in [-0.2, -0.15) is 5.10 Å². The molecule has 0 unspecified atom stereocenters. The van der Waals surface area contributed by atoms with Gasteiger partial charge in [0.05, 0.1) is 24.1 Å². The van der Waals surface area contributed by atoms with Gasteiger partial charge in [0.1, 0.15) is 0 Å². The summed E-state index contributed by atoms with van der Waals surface area (Å²) in [7, 11) is -3.44. The van der Waals surface area contributed by atoms with Gasteiger partial charge >= 0.3 is 7.75 Å². The summed E-state index contributed by atoms with van der Waals surface area (Å²) in [6.07, 6.45) is 2.64. The highest BCUT2D eigenvalue weighted by Gasteiger charge is 2.27. The van der Waals surface area contributed by atoms with Crippen molar-refractivity contribution in [3.63, 3.8) is 0 Å². The van der Waals surface area contributed by atoms with Crippen molar-refractivity contribution in [2.45, 2.75) is 39.9 Å². The van der Waals surface area contributed by atoms with Gasteiger partial charge < -0.3 is 0 Å². The summed E-state index contributed by atoms with van der Waals surface area (Å²) in [6.45, 7) is 7.11. The van der Waals surface area contributed by atoms with Crippen LogP contribution in [0.2, 0.25) is 0 Å². The molecule has 0 aliphatic heterocycles. The number of hydrogen-bond donors (Lipinski definition) is 1. The molecule has 0 bridgehead atoms. The summed E-state index contributed by atoms with van der Waals surface area (Å²) in [5.41, 5.74) is 0.649. The molecule has 0 radical (unpaired) electrons. The molecular weight excluding hydrogens is 265 g/mol. The highest BCUT2D eigenvalue weighted by molar-refractivity contribution is 7.51. The number of nitrogens with zero attached hydrogens (tertiary/aromatic N) is 2. The molecule has 1 heterocycles. The van der Waals surface area contributed by atoms with Gasteiger partial charge in [0.15, 0.2) is 0 Å². The average molecular weight is 285 g/mol. The molecule has 0 atom stereocenters. The number of aromatic nitrogens is 1. The largest absolute Gasteiger partial charge is 0.448 e. The van der Waals surface area contributed by atoms with Gasteiger partial charge in [0.25, 0.3) is 0 Å². The summed E-state index contributed by atoms with van der Waals surface area (Å²) in [6, 6.07) is 5.42. The van der Waals surface area contributed by atoms with E-state index in [1.807, 2.05) is 6.07 Å². The fraction of sp³-hybridized carbons (Fsp3) is 0.500. The highest BCUT2D eigenvalue weighted by atomic mass is 31.2. The first-order chi connectivity index (χ1) is 8.91. The van der Waals surface area contributed by atoms with Crippen molar-refractivity contribution in [2.24, 2.45) is 5.10 Å². The lowest BCUT2D eigenvalue weighted by atomic mass is 10.4. The van der Waals surface area contributed by atoms with Gasteiger partial charge in [-0.05, 0) is 39.8 Å². The number of hydrazone groups is 1. The van der Waals surface area contributed by atoms with Crippen LogP contribution in [0.3, 0.4) is 0 Å². The first kappa shape index (κ1) is 15.8. The minimum absolute atomic E-state index is 0.234. The Morgan fingerprint density at radius 3 is 2.37 bits per heavy atom. The van der Waals surface area contributed by atoms with E-state index in [-0.39, 0.29) is 12.2 Å². The molecule has 0 aliphatic rings. The van der Waals surface area contributed by atoms with E-state index in [0.29, 0.717) is 5.69 Å². The molecule has 0 spiro atoms. The summed E-state index contributed by atoms with van der Waals surface area (Å²) >= 11 is 0. The predicted octanol–water partition coefficient (Wildman–Crippen LogP) is 2.96. The van der Waals surface area contributed by atoms with Crippen LogP contribution >= 0.6 is 7.75 Å². The summed E-state index contributed by atoms with van der Waals surface area (Å²) in [5.74, 6) is 0. The maximum Gasteiger partial charge on any atom is 0.448 e. The van der Waals surface area contributed by atoms with Crippen molar-refractivity contribution in [3.05, 3.63) is 30.1 Å². The lowest BCUT2D eigenvalue weighted by Crippen LogP contribution is -2.16. The zero-order valence-corrected chi connectivity index (χ0v) is 12.5. The molecule has 0 saturated carbocycles. The molecule has 0 aromatic carbocycles. The number of pyridine rings is 1. The monoisotopic (exact) mass is 285 g/mol. The number of hydrogen-bond acceptors (Lipinski definition) is 5. The Morgan fingerprint density at radius 2 is 1.89 bits per heavy atom. The van der Waals surface area contributed by atoms with Crippen LogP contribution in [-0.2, 0) is 13.6 Å². The summed E-state index contributed by atoms with van der Waals surface area (Å²) in [4.78, 5) is 4.06. The van der Waals surface area contributed by atoms with Crippen LogP contribution in [-0.4, -0.2) is 23.4 Å². The van der Waals surface area contributed by atoms with Gasteiger partial charge in [-0.15, -0.1) is 0 Å².